The number of hydrogen-bond donors (Lipinski definition) is 3. The molecule has 1 saturated carbocycles. The number of unbranched alkanes of at least 4 members (excludes halogenated alkanes) is 1. The Morgan fingerprint density at radius 2 is 2.09 bits per heavy atom. The quantitative estimate of drug-likeness (QED) is 0.487. The van der Waals surface area contributed by atoms with E-state index in [1.54, 1.807) is 0 Å². The van der Waals surface area contributed by atoms with E-state index in [2.05, 4.69) is 5.32 Å². The lowest BCUT2D eigenvalue weighted by atomic mass is 9.89. The van der Waals surface area contributed by atoms with Gasteiger partial charge in [0.25, 0.3) is 0 Å². The zero-order valence-electron chi connectivity index (χ0n) is 6.92. The number of hydrogen-bond acceptors (Lipinski definition) is 3. The van der Waals surface area contributed by atoms with Crippen LogP contribution in [0.25, 0.3) is 0 Å². The molecule has 1 aliphatic rings. The van der Waals surface area contributed by atoms with Gasteiger partial charge in [0.15, 0.2) is 0 Å². The van der Waals surface area contributed by atoms with Gasteiger partial charge in [-0.3, -0.25) is 0 Å². The van der Waals surface area contributed by atoms with E-state index >= 15 is 0 Å². The molecule has 3 heteroatoms. The minimum atomic E-state index is -0.0398. The summed E-state index contributed by atoms with van der Waals surface area (Å²) in [6.45, 7) is 1.84. The van der Waals surface area contributed by atoms with Crippen LogP contribution in [0.1, 0.15) is 25.7 Å². The molecule has 66 valence electrons. The molecule has 0 aromatic carbocycles. The summed E-state index contributed by atoms with van der Waals surface area (Å²) in [4.78, 5) is 0. The molecule has 0 unspecified atom stereocenters. The molecule has 0 aliphatic heterocycles. The second-order valence-corrected chi connectivity index (χ2v) is 3.27. The van der Waals surface area contributed by atoms with Crippen molar-refractivity contribution in [3.8, 4) is 0 Å². The molecule has 0 heterocycles. The molecule has 0 bridgehead atoms. The molecule has 4 N–H and O–H groups in total. The maximum atomic E-state index is 8.96. The highest BCUT2D eigenvalue weighted by molar-refractivity contribution is 4.84. The van der Waals surface area contributed by atoms with Gasteiger partial charge in [-0.25, -0.2) is 0 Å². The van der Waals surface area contributed by atoms with E-state index in [1.807, 2.05) is 0 Å². The van der Waals surface area contributed by atoms with Crippen molar-refractivity contribution in [2.45, 2.75) is 37.8 Å². The fourth-order valence-electron chi connectivity index (χ4n) is 1.33. The van der Waals surface area contributed by atoms with E-state index in [9.17, 15) is 0 Å². The molecule has 0 spiro atoms. The highest BCUT2D eigenvalue weighted by Gasteiger charge is 2.25. The molecule has 3 nitrogen and oxygen atoms in total. The first-order valence-corrected chi connectivity index (χ1v) is 4.44. The van der Waals surface area contributed by atoms with Crippen LogP contribution in [0.3, 0.4) is 0 Å². The van der Waals surface area contributed by atoms with Crippen LogP contribution in [0.4, 0.5) is 0 Å². The van der Waals surface area contributed by atoms with Gasteiger partial charge in [-0.05, 0) is 38.8 Å². The predicted octanol–water partition coefficient (Wildman–Crippen LogP) is -0.162. The van der Waals surface area contributed by atoms with Crippen molar-refractivity contribution in [3.63, 3.8) is 0 Å². The predicted molar refractivity (Wildman–Crippen MR) is 45.3 cm³/mol. The van der Waals surface area contributed by atoms with E-state index in [0.29, 0.717) is 6.04 Å². The highest BCUT2D eigenvalue weighted by atomic mass is 16.3. The monoisotopic (exact) mass is 158 g/mol. The van der Waals surface area contributed by atoms with Gasteiger partial charge < -0.3 is 16.2 Å². The second-order valence-electron chi connectivity index (χ2n) is 3.27. The van der Waals surface area contributed by atoms with E-state index in [0.717, 1.165) is 38.8 Å². The van der Waals surface area contributed by atoms with Crippen LogP contribution in [0.5, 0.6) is 0 Å². The highest BCUT2D eigenvalue weighted by Crippen LogP contribution is 2.18. The Morgan fingerprint density at radius 3 is 2.64 bits per heavy atom. The first-order valence-electron chi connectivity index (χ1n) is 4.44. The Bertz CT molecular complexity index is 102. The third-order valence-electron chi connectivity index (χ3n) is 2.18. The van der Waals surface area contributed by atoms with Gasteiger partial charge in [-0.1, -0.05) is 0 Å². The lowest BCUT2D eigenvalue weighted by Crippen LogP contribution is -2.44. The summed E-state index contributed by atoms with van der Waals surface area (Å²) in [5.41, 5.74) is 5.35. The smallest absolute Gasteiger partial charge is 0.0570 e. The van der Waals surface area contributed by atoms with Gasteiger partial charge in [0.2, 0.25) is 0 Å². The Kier molecular flexibility index (Phi) is 3.83. The Labute approximate surface area is 68.0 Å². The molecule has 0 radical (unpaired) electrons. The van der Waals surface area contributed by atoms with Crippen molar-refractivity contribution >= 4 is 0 Å². The van der Waals surface area contributed by atoms with Crippen LogP contribution >= 0.6 is 0 Å². The van der Waals surface area contributed by atoms with E-state index in [4.69, 9.17) is 10.8 Å². The minimum Gasteiger partial charge on any atom is -0.393 e. The average Bonchev–Trinajstić information content (AvgIpc) is 1.94. The van der Waals surface area contributed by atoms with Crippen LogP contribution in [0.2, 0.25) is 0 Å². The standard InChI is InChI=1S/C8H18N2O/c9-3-1-2-4-10-7-5-8(11)6-7/h7-8,10-11H,1-6,9H2. The molecular formula is C8H18N2O. The summed E-state index contributed by atoms with van der Waals surface area (Å²) in [5, 5.41) is 12.3. The molecular weight excluding hydrogens is 140 g/mol. The lowest BCUT2D eigenvalue weighted by molar-refractivity contribution is 0.0626. The fourth-order valence-corrected chi connectivity index (χ4v) is 1.33. The van der Waals surface area contributed by atoms with Crippen molar-refractivity contribution in [2.24, 2.45) is 5.73 Å². The van der Waals surface area contributed by atoms with E-state index in [-0.39, 0.29) is 6.10 Å². The number of rotatable bonds is 5. The number of nitrogens with one attached hydrogen (secondary N) is 1. The summed E-state index contributed by atoms with van der Waals surface area (Å²) in [6.07, 6.45) is 4.08. The maximum Gasteiger partial charge on any atom is 0.0570 e. The van der Waals surface area contributed by atoms with Crippen molar-refractivity contribution in [1.82, 2.24) is 5.32 Å². The summed E-state index contributed by atoms with van der Waals surface area (Å²) in [6, 6.07) is 0.572. The van der Waals surface area contributed by atoms with Gasteiger partial charge in [-0.2, -0.15) is 0 Å². The summed E-state index contributed by atoms with van der Waals surface area (Å²) in [7, 11) is 0. The zero-order valence-corrected chi connectivity index (χ0v) is 6.92. The maximum absolute atomic E-state index is 8.96. The molecule has 1 aliphatic carbocycles. The van der Waals surface area contributed by atoms with Gasteiger partial charge in [0.05, 0.1) is 6.10 Å². The van der Waals surface area contributed by atoms with Gasteiger partial charge >= 0.3 is 0 Å². The third-order valence-corrected chi connectivity index (χ3v) is 2.18. The van der Waals surface area contributed by atoms with Crippen LogP contribution in [0.15, 0.2) is 0 Å². The number of aliphatic hydroxyl groups excluding tert-OH is 1. The van der Waals surface area contributed by atoms with Crippen molar-refractivity contribution in [3.05, 3.63) is 0 Å². The zero-order chi connectivity index (χ0) is 8.10. The molecule has 1 fully saturated rings. The van der Waals surface area contributed by atoms with Crippen LogP contribution in [0, 0.1) is 0 Å². The average molecular weight is 158 g/mol. The number of nitrogens with two attached hydrogens (primary N) is 1. The van der Waals surface area contributed by atoms with Crippen molar-refractivity contribution < 1.29 is 5.11 Å². The van der Waals surface area contributed by atoms with Gasteiger partial charge in [0, 0.05) is 6.04 Å². The SMILES string of the molecule is NCCCCNC1CC(O)C1. The molecule has 0 atom stereocenters. The summed E-state index contributed by atoms with van der Waals surface area (Å²) in [5.74, 6) is 0. The Hall–Kier alpha value is -0.120. The Morgan fingerprint density at radius 1 is 1.36 bits per heavy atom. The van der Waals surface area contributed by atoms with E-state index in [1.165, 1.54) is 0 Å². The molecule has 0 saturated heterocycles. The topological polar surface area (TPSA) is 58.3 Å². The molecule has 0 aromatic rings. The normalized spacial score (nSPS) is 30.0. The largest absolute Gasteiger partial charge is 0.393 e. The summed E-state index contributed by atoms with van der Waals surface area (Å²) >= 11 is 0. The lowest BCUT2D eigenvalue weighted by Gasteiger charge is -2.32. The van der Waals surface area contributed by atoms with Gasteiger partial charge in [0.1, 0.15) is 0 Å². The first kappa shape index (κ1) is 8.97. The van der Waals surface area contributed by atoms with Crippen molar-refractivity contribution in [2.75, 3.05) is 13.1 Å². The second kappa shape index (κ2) is 4.70. The minimum absolute atomic E-state index is 0.0398. The molecule has 0 aromatic heterocycles. The molecule has 11 heavy (non-hydrogen) atoms. The van der Waals surface area contributed by atoms with Crippen molar-refractivity contribution in [1.29, 1.82) is 0 Å². The fraction of sp³-hybridized carbons (Fsp3) is 1.00. The number of aliphatic hydroxyl groups is 1. The first-order chi connectivity index (χ1) is 5.33. The van der Waals surface area contributed by atoms with Crippen LogP contribution in [-0.4, -0.2) is 30.3 Å². The third kappa shape index (κ3) is 3.18. The van der Waals surface area contributed by atoms with Gasteiger partial charge in [-0.15, -0.1) is 0 Å². The van der Waals surface area contributed by atoms with Crippen LogP contribution < -0.4 is 11.1 Å². The van der Waals surface area contributed by atoms with E-state index < -0.39 is 0 Å². The van der Waals surface area contributed by atoms with Crippen LogP contribution in [-0.2, 0) is 0 Å². The molecule has 1 rings (SSSR count). The summed E-state index contributed by atoms with van der Waals surface area (Å²) < 4.78 is 0. The molecule has 0 amide bonds. The Balaban J connectivity index is 1.81.